The molecule has 0 aromatic heterocycles. The molecule has 8 heteroatoms. The van der Waals surface area contributed by atoms with Gasteiger partial charge in [-0.15, -0.1) is 0 Å². The van der Waals surface area contributed by atoms with E-state index in [-0.39, 0.29) is 29.1 Å². The number of rotatable bonds is 10. The fourth-order valence-electron chi connectivity index (χ4n) is 3.72. The first-order chi connectivity index (χ1) is 17.0. The second-order valence-electron chi connectivity index (χ2n) is 9.44. The van der Waals surface area contributed by atoms with Crippen molar-refractivity contribution in [1.29, 1.82) is 0 Å². The van der Waals surface area contributed by atoms with Crippen molar-refractivity contribution in [3.63, 3.8) is 0 Å². The zero-order valence-electron chi connectivity index (χ0n) is 21.4. The van der Waals surface area contributed by atoms with Crippen LogP contribution in [-0.4, -0.2) is 41.1 Å². The molecule has 1 amide bonds. The van der Waals surface area contributed by atoms with Crippen LogP contribution in [0.1, 0.15) is 31.9 Å². The van der Waals surface area contributed by atoms with Gasteiger partial charge in [-0.05, 0) is 48.2 Å². The topological polar surface area (TPSA) is 84.9 Å². The summed E-state index contributed by atoms with van der Waals surface area (Å²) in [5, 5.41) is 2.77. The molecule has 0 unspecified atom stereocenters. The minimum absolute atomic E-state index is 0.0839. The highest BCUT2D eigenvalue weighted by Gasteiger charge is 2.29. The average Bonchev–Trinajstić information content (AvgIpc) is 2.85. The van der Waals surface area contributed by atoms with Crippen LogP contribution in [-0.2, 0) is 20.2 Å². The van der Waals surface area contributed by atoms with Gasteiger partial charge in [-0.2, -0.15) is 0 Å². The van der Waals surface area contributed by atoms with E-state index in [2.05, 4.69) is 26.1 Å². The molecule has 192 valence electrons. The van der Waals surface area contributed by atoms with Gasteiger partial charge in [0, 0.05) is 0 Å². The molecule has 7 nitrogen and oxygen atoms in total. The average molecular weight is 511 g/mol. The van der Waals surface area contributed by atoms with Crippen molar-refractivity contribution in [2.45, 2.75) is 38.0 Å². The van der Waals surface area contributed by atoms with Crippen LogP contribution < -0.4 is 19.1 Å². The Bertz CT molecular complexity index is 1280. The van der Waals surface area contributed by atoms with Crippen LogP contribution in [0.25, 0.3) is 0 Å². The highest BCUT2D eigenvalue weighted by atomic mass is 32.2. The SMILES string of the molecule is COc1ccccc1N(CC(=O)NCCOc1ccccc1C(C)(C)C)S(=O)(=O)c1ccc(C)cc1. The molecule has 0 saturated carbocycles. The third-order valence-electron chi connectivity index (χ3n) is 5.63. The van der Waals surface area contributed by atoms with E-state index in [0.717, 1.165) is 21.2 Å². The van der Waals surface area contributed by atoms with Crippen molar-refractivity contribution >= 4 is 21.6 Å². The smallest absolute Gasteiger partial charge is 0.264 e. The van der Waals surface area contributed by atoms with E-state index < -0.39 is 22.5 Å². The molecule has 0 saturated heterocycles. The molecule has 0 bridgehead atoms. The first-order valence-corrected chi connectivity index (χ1v) is 13.2. The van der Waals surface area contributed by atoms with Gasteiger partial charge in [0.15, 0.2) is 0 Å². The minimum Gasteiger partial charge on any atom is -0.495 e. The number of nitrogens with one attached hydrogen (secondary N) is 1. The van der Waals surface area contributed by atoms with Gasteiger partial charge in [0.05, 0.1) is 24.2 Å². The lowest BCUT2D eigenvalue weighted by molar-refractivity contribution is -0.119. The van der Waals surface area contributed by atoms with E-state index >= 15 is 0 Å². The Morgan fingerprint density at radius 3 is 2.17 bits per heavy atom. The third-order valence-corrected chi connectivity index (χ3v) is 7.40. The number of sulfonamides is 1. The number of methoxy groups -OCH3 is 1. The summed E-state index contributed by atoms with van der Waals surface area (Å²) >= 11 is 0. The molecule has 0 spiro atoms. The van der Waals surface area contributed by atoms with Gasteiger partial charge in [0.25, 0.3) is 10.0 Å². The lowest BCUT2D eigenvalue weighted by Gasteiger charge is -2.26. The summed E-state index contributed by atoms with van der Waals surface area (Å²) < 4.78 is 39.5. The van der Waals surface area contributed by atoms with E-state index in [0.29, 0.717) is 5.75 Å². The number of ether oxygens (including phenoxy) is 2. The van der Waals surface area contributed by atoms with E-state index in [1.54, 1.807) is 36.4 Å². The third kappa shape index (κ3) is 6.57. The van der Waals surface area contributed by atoms with Gasteiger partial charge < -0.3 is 14.8 Å². The van der Waals surface area contributed by atoms with Crippen molar-refractivity contribution in [2.24, 2.45) is 0 Å². The molecule has 0 fully saturated rings. The number of carbonyl (C=O) groups is 1. The van der Waals surface area contributed by atoms with Crippen molar-refractivity contribution in [3.05, 3.63) is 83.9 Å². The van der Waals surface area contributed by atoms with Crippen LogP contribution in [0, 0.1) is 6.92 Å². The number of benzene rings is 3. The molecule has 3 aromatic carbocycles. The molecule has 0 heterocycles. The summed E-state index contributed by atoms with van der Waals surface area (Å²) in [4.78, 5) is 13.0. The van der Waals surface area contributed by atoms with Gasteiger partial charge in [0.2, 0.25) is 5.91 Å². The Balaban J connectivity index is 1.74. The van der Waals surface area contributed by atoms with Crippen molar-refractivity contribution in [2.75, 3.05) is 31.1 Å². The quantitative estimate of drug-likeness (QED) is 0.400. The zero-order valence-corrected chi connectivity index (χ0v) is 22.3. The highest BCUT2D eigenvalue weighted by Crippen LogP contribution is 2.32. The molecule has 1 N–H and O–H groups in total. The monoisotopic (exact) mass is 510 g/mol. The first-order valence-electron chi connectivity index (χ1n) is 11.8. The standard InChI is InChI=1S/C28H34N2O5S/c1-21-14-16-22(17-15-21)36(32,33)30(24-11-7-9-13-26(24)34-5)20-27(31)29-18-19-35-25-12-8-6-10-23(25)28(2,3)4/h6-17H,18-20H2,1-5H3,(H,29,31). The second-order valence-corrected chi connectivity index (χ2v) is 11.3. The van der Waals surface area contributed by atoms with Crippen LogP contribution >= 0.6 is 0 Å². The molecular weight excluding hydrogens is 476 g/mol. The number of carbonyl (C=O) groups excluding carboxylic acids is 1. The number of anilines is 1. The van der Waals surface area contributed by atoms with E-state index in [1.165, 1.54) is 19.2 Å². The Labute approximate surface area is 214 Å². The van der Waals surface area contributed by atoms with E-state index in [4.69, 9.17) is 9.47 Å². The van der Waals surface area contributed by atoms with E-state index in [9.17, 15) is 13.2 Å². The lowest BCUT2D eigenvalue weighted by Crippen LogP contribution is -2.42. The summed E-state index contributed by atoms with van der Waals surface area (Å²) in [6.45, 7) is 8.27. The summed E-state index contributed by atoms with van der Waals surface area (Å²) in [5.74, 6) is 0.657. The summed E-state index contributed by atoms with van der Waals surface area (Å²) in [7, 11) is -2.57. The van der Waals surface area contributed by atoms with Gasteiger partial charge in [-0.1, -0.05) is 68.8 Å². The maximum Gasteiger partial charge on any atom is 0.264 e. The molecule has 3 aromatic rings. The second kappa shape index (κ2) is 11.5. The molecular formula is C28H34N2O5S. The first kappa shape index (κ1) is 27.1. The number of aryl methyl sites for hydroxylation is 1. The van der Waals surface area contributed by atoms with Gasteiger partial charge in [-0.25, -0.2) is 8.42 Å². The molecule has 0 aliphatic carbocycles. The number of hydrogen-bond acceptors (Lipinski definition) is 5. The summed E-state index contributed by atoms with van der Waals surface area (Å²) in [6, 6.07) is 21.0. The lowest BCUT2D eigenvalue weighted by atomic mass is 9.86. The highest BCUT2D eigenvalue weighted by molar-refractivity contribution is 7.92. The van der Waals surface area contributed by atoms with Crippen LogP contribution in [0.5, 0.6) is 11.5 Å². The Morgan fingerprint density at radius 2 is 1.53 bits per heavy atom. The number of amides is 1. The number of para-hydroxylation sites is 3. The Morgan fingerprint density at radius 1 is 0.917 bits per heavy atom. The van der Waals surface area contributed by atoms with Crippen molar-refractivity contribution in [1.82, 2.24) is 5.32 Å². The maximum atomic E-state index is 13.6. The van der Waals surface area contributed by atoms with Crippen LogP contribution in [0.2, 0.25) is 0 Å². The van der Waals surface area contributed by atoms with Crippen LogP contribution in [0.15, 0.2) is 77.7 Å². The molecule has 0 radical (unpaired) electrons. The zero-order chi connectivity index (χ0) is 26.3. The molecule has 0 atom stereocenters. The largest absolute Gasteiger partial charge is 0.495 e. The summed E-state index contributed by atoms with van der Waals surface area (Å²) in [6.07, 6.45) is 0. The normalized spacial score (nSPS) is 11.6. The molecule has 0 aliphatic rings. The Kier molecular flexibility index (Phi) is 8.63. The van der Waals surface area contributed by atoms with Crippen molar-refractivity contribution in [3.8, 4) is 11.5 Å². The molecule has 0 aliphatic heterocycles. The van der Waals surface area contributed by atoms with Gasteiger partial charge >= 0.3 is 0 Å². The van der Waals surface area contributed by atoms with Crippen molar-refractivity contribution < 1.29 is 22.7 Å². The maximum absolute atomic E-state index is 13.6. The van der Waals surface area contributed by atoms with Gasteiger partial charge in [0.1, 0.15) is 24.7 Å². The fourth-order valence-corrected chi connectivity index (χ4v) is 5.15. The molecule has 36 heavy (non-hydrogen) atoms. The van der Waals surface area contributed by atoms with E-state index in [1.807, 2.05) is 31.2 Å². The Hall–Kier alpha value is -3.52. The summed E-state index contributed by atoms with van der Waals surface area (Å²) in [5.41, 5.74) is 2.21. The number of hydrogen-bond donors (Lipinski definition) is 1. The predicted molar refractivity (Wildman–Crippen MR) is 142 cm³/mol. The predicted octanol–water partition coefficient (Wildman–Crippen LogP) is 4.69. The minimum atomic E-state index is -4.03. The molecule has 3 rings (SSSR count). The fraction of sp³-hybridized carbons (Fsp3) is 0.321. The number of nitrogens with zero attached hydrogens (tertiary/aromatic N) is 1. The van der Waals surface area contributed by atoms with Crippen LogP contribution in [0.4, 0.5) is 5.69 Å². The van der Waals surface area contributed by atoms with Crippen LogP contribution in [0.3, 0.4) is 0 Å². The van der Waals surface area contributed by atoms with Gasteiger partial charge in [-0.3, -0.25) is 9.10 Å².